The van der Waals surface area contributed by atoms with E-state index in [0.717, 1.165) is 4.88 Å². The number of ether oxygens (including phenoxy) is 3. The zero-order valence-corrected chi connectivity index (χ0v) is 19.6. The van der Waals surface area contributed by atoms with Crippen molar-refractivity contribution < 1.29 is 28.6 Å². The molecule has 4 heterocycles. The van der Waals surface area contributed by atoms with Crippen molar-refractivity contribution in [3.63, 3.8) is 0 Å². The molecular formula is C26H22N2O6S. The molecule has 0 spiro atoms. The lowest BCUT2D eigenvalue weighted by Gasteiger charge is -2.33. The third kappa shape index (κ3) is 3.11. The maximum Gasteiger partial charge on any atom is 0.331 e. The second-order valence-corrected chi connectivity index (χ2v) is 9.63. The Labute approximate surface area is 205 Å². The van der Waals surface area contributed by atoms with Crippen molar-refractivity contribution in [2.24, 2.45) is 11.8 Å². The van der Waals surface area contributed by atoms with Crippen LogP contribution in [0.2, 0.25) is 0 Å². The zero-order chi connectivity index (χ0) is 24.2. The molecule has 2 aromatic carbocycles. The average Bonchev–Trinajstić information content (AvgIpc) is 3.61. The van der Waals surface area contributed by atoms with Crippen LogP contribution in [-0.2, 0) is 24.7 Å². The highest BCUT2D eigenvalue weighted by Gasteiger charge is 2.70. The molecule has 4 atom stereocenters. The highest BCUT2D eigenvalue weighted by molar-refractivity contribution is 7.10. The number of rotatable bonds is 4. The SMILES string of the molecule is COC(=O)[C@]1(c2ccccc2)N[C@H](c2cccs2)[C@@H]2C(=O)N(c3ccc4c(c3)OCCO4)C(=O)[C@H]21. The van der Waals surface area contributed by atoms with E-state index in [0.29, 0.717) is 36.0 Å². The number of carbonyl (C=O) groups is 3. The lowest BCUT2D eigenvalue weighted by molar-refractivity contribution is -0.152. The average molecular weight is 491 g/mol. The van der Waals surface area contributed by atoms with Gasteiger partial charge in [-0.2, -0.15) is 0 Å². The summed E-state index contributed by atoms with van der Waals surface area (Å²) in [7, 11) is 1.29. The van der Waals surface area contributed by atoms with E-state index >= 15 is 0 Å². The summed E-state index contributed by atoms with van der Waals surface area (Å²) in [6, 6.07) is 17.2. The van der Waals surface area contributed by atoms with E-state index in [1.165, 1.54) is 23.3 Å². The molecule has 0 radical (unpaired) electrons. The third-order valence-corrected chi connectivity index (χ3v) is 7.89. The van der Waals surface area contributed by atoms with Crippen molar-refractivity contribution in [1.82, 2.24) is 5.32 Å². The number of amides is 2. The number of anilines is 1. The smallest absolute Gasteiger partial charge is 0.331 e. The molecule has 0 unspecified atom stereocenters. The van der Waals surface area contributed by atoms with E-state index in [2.05, 4.69) is 5.32 Å². The van der Waals surface area contributed by atoms with Crippen LogP contribution in [-0.4, -0.2) is 38.1 Å². The maximum absolute atomic E-state index is 14.1. The van der Waals surface area contributed by atoms with Gasteiger partial charge in [-0.1, -0.05) is 36.4 Å². The van der Waals surface area contributed by atoms with Crippen LogP contribution in [0.25, 0.3) is 0 Å². The molecule has 3 aliphatic heterocycles. The maximum atomic E-state index is 14.1. The van der Waals surface area contributed by atoms with E-state index in [1.807, 2.05) is 23.6 Å². The van der Waals surface area contributed by atoms with Gasteiger partial charge in [0, 0.05) is 10.9 Å². The Balaban J connectivity index is 1.52. The molecule has 2 amide bonds. The summed E-state index contributed by atoms with van der Waals surface area (Å²) < 4.78 is 16.5. The van der Waals surface area contributed by atoms with Crippen molar-refractivity contribution in [3.8, 4) is 11.5 Å². The van der Waals surface area contributed by atoms with Gasteiger partial charge in [-0.25, -0.2) is 9.69 Å². The molecule has 3 aromatic rings. The molecular weight excluding hydrogens is 468 g/mol. The molecule has 0 bridgehead atoms. The minimum atomic E-state index is -1.52. The Hall–Kier alpha value is -3.69. The number of nitrogens with zero attached hydrogens (tertiary/aromatic N) is 1. The topological polar surface area (TPSA) is 94.2 Å². The molecule has 3 aliphatic rings. The van der Waals surface area contributed by atoms with Crippen LogP contribution < -0.4 is 19.7 Å². The molecule has 8 nitrogen and oxygen atoms in total. The standard InChI is InChI=1S/C26H22N2O6S/c1-32-25(31)26(15-6-3-2-4-7-15)21-20(22(27-26)19-8-5-13-35-19)23(29)28(24(21)30)16-9-10-17-18(14-16)34-12-11-33-17/h2-10,13-14,20-22,27H,11-12H2,1H3/t20-,21+,22-,26-/m1/s1. The number of hydrogen-bond acceptors (Lipinski definition) is 8. The number of benzene rings is 2. The van der Waals surface area contributed by atoms with Crippen molar-refractivity contribution in [1.29, 1.82) is 0 Å². The molecule has 0 saturated carbocycles. The Kier molecular flexibility index (Phi) is 5.12. The lowest BCUT2D eigenvalue weighted by atomic mass is 9.75. The quantitative estimate of drug-likeness (QED) is 0.444. The predicted molar refractivity (Wildman–Crippen MR) is 127 cm³/mol. The minimum absolute atomic E-state index is 0.371. The van der Waals surface area contributed by atoms with Crippen LogP contribution in [0.1, 0.15) is 16.5 Å². The molecule has 2 saturated heterocycles. The Morgan fingerprint density at radius 3 is 2.51 bits per heavy atom. The lowest BCUT2D eigenvalue weighted by Crippen LogP contribution is -2.53. The van der Waals surface area contributed by atoms with Gasteiger partial charge >= 0.3 is 5.97 Å². The van der Waals surface area contributed by atoms with Crippen LogP contribution in [0, 0.1) is 11.8 Å². The number of thiophene rings is 1. The van der Waals surface area contributed by atoms with Gasteiger partial charge < -0.3 is 14.2 Å². The summed E-state index contributed by atoms with van der Waals surface area (Å²) in [6.07, 6.45) is 0. The van der Waals surface area contributed by atoms with Gasteiger partial charge in [-0.15, -0.1) is 11.3 Å². The summed E-state index contributed by atoms with van der Waals surface area (Å²) in [5.41, 5.74) is -0.563. The first-order valence-electron chi connectivity index (χ1n) is 11.3. The van der Waals surface area contributed by atoms with Crippen molar-refractivity contribution in [3.05, 3.63) is 76.5 Å². The molecule has 6 rings (SSSR count). The number of fused-ring (bicyclic) bond motifs is 2. The molecule has 35 heavy (non-hydrogen) atoms. The van der Waals surface area contributed by atoms with Gasteiger partial charge in [0.1, 0.15) is 13.2 Å². The highest BCUT2D eigenvalue weighted by Crippen LogP contribution is 2.55. The number of nitrogens with one attached hydrogen (secondary N) is 1. The van der Waals surface area contributed by atoms with Crippen LogP contribution in [0.3, 0.4) is 0 Å². The number of hydrogen-bond donors (Lipinski definition) is 1. The van der Waals surface area contributed by atoms with E-state index in [1.54, 1.807) is 42.5 Å². The summed E-state index contributed by atoms with van der Waals surface area (Å²) in [4.78, 5) is 43.6. The van der Waals surface area contributed by atoms with Gasteiger partial charge in [0.15, 0.2) is 17.0 Å². The monoisotopic (exact) mass is 490 g/mol. The second-order valence-electron chi connectivity index (χ2n) is 8.65. The van der Waals surface area contributed by atoms with Gasteiger partial charge in [-0.05, 0) is 29.1 Å². The Bertz CT molecular complexity index is 1310. The van der Waals surface area contributed by atoms with Crippen LogP contribution >= 0.6 is 11.3 Å². The van der Waals surface area contributed by atoms with Gasteiger partial charge in [0.05, 0.1) is 30.7 Å². The van der Waals surface area contributed by atoms with Crippen LogP contribution in [0.5, 0.6) is 11.5 Å². The second kappa shape index (κ2) is 8.21. The third-order valence-electron chi connectivity index (χ3n) is 6.93. The fraction of sp³-hybridized carbons (Fsp3) is 0.269. The number of esters is 1. The number of methoxy groups -OCH3 is 1. The van der Waals surface area contributed by atoms with Gasteiger partial charge in [0.25, 0.3) is 0 Å². The molecule has 178 valence electrons. The summed E-state index contributed by atoms with van der Waals surface area (Å²) in [5.74, 6) is -2.20. The predicted octanol–water partition coefficient (Wildman–Crippen LogP) is 3.04. The fourth-order valence-electron chi connectivity index (χ4n) is 5.48. The van der Waals surface area contributed by atoms with Gasteiger partial charge in [0.2, 0.25) is 11.8 Å². The first-order valence-corrected chi connectivity index (χ1v) is 12.2. The number of carbonyl (C=O) groups excluding carboxylic acids is 3. The molecule has 9 heteroatoms. The highest BCUT2D eigenvalue weighted by atomic mass is 32.1. The largest absolute Gasteiger partial charge is 0.486 e. The summed E-state index contributed by atoms with van der Waals surface area (Å²) in [5, 5.41) is 5.29. The van der Waals surface area contributed by atoms with E-state index in [4.69, 9.17) is 14.2 Å². The Morgan fingerprint density at radius 2 is 1.80 bits per heavy atom. The first kappa shape index (κ1) is 21.8. The number of imide groups is 1. The van der Waals surface area contributed by atoms with Crippen LogP contribution in [0.4, 0.5) is 5.69 Å². The summed E-state index contributed by atoms with van der Waals surface area (Å²) in [6.45, 7) is 0.818. The van der Waals surface area contributed by atoms with E-state index in [-0.39, 0.29) is 5.91 Å². The van der Waals surface area contributed by atoms with Crippen molar-refractivity contribution >= 4 is 34.8 Å². The Morgan fingerprint density at radius 1 is 1.03 bits per heavy atom. The van der Waals surface area contributed by atoms with E-state index < -0.39 is 35.3 Å². The molecule has 2 fully saturated rings. The van der Waals surface area contributed by atoms with Crippen molar-refractivity contribution in [2.75, 3.05) is 25.2 Å². The molecule has 1 aromatic heterocycles. The van der Waals surface area contributed by atoms with Crippen LogP contribution in [0.15, 0.2) is 66.0 Å². The fourth-order valence-corrected chi connectivity index (χ4v) is 6.30. The first-order chi connectivity index (χ1) is 17.1. The molecule has 0 aliphatic carbocycles. The van der Waals surface area contributed by atoms with Crippen molar-refractivity contribution in [2.45, 2.75) is 11.6 Å². The van der Waals surface area contributed by atoms with E-state index in [9.17, 15) is 14.4 Å². The molecule has 1 N–H and O–H groups in total. The van der Waals surface area contributed by atoms with Gasteiger partial charge in [-0.3, -0.25) is 14.9 Å². The summed E-state index contributed by atoms with van der Waals surface area (Å²) >= 11 is 1.47. The normalized spacial score (nSPS) is 27.1. The zero-order valence-electron chi connectivity index (χ0n) is 18.8. The minimum Gasteiger partial charge on any atom is -0.486 e.